The van der Waals surface area contributed by atoms with Crippen molar-refractivity contribution in [2.75, 3.05) is 13.1 Å². The number of aromatic nitrogens is 1. The van der Waals surface area contributed by atoms with E-state index in [2.05, 4.69) is 4.98 Å². The zero-order valence-corrected chi connectivity index (χ0v) is 14.0. The molecule has 0 aliphatic carbocycles. The fourth-order valence-electron chi connectivity index (χ4n) is 3.15. The highest BCUT2D eigenvalue weighted by Gasteiger charge is 2.24. The number of aromatic carboxylic acids is 1. The van der Waals surface area contributed by atoms with Crippen LogP contribution in [0.4, 0.5) is 8.78 Å². The van der Waals surface area contributed by atoms with E-state index in [-0.39, 0.29) is 17.2 Å². The highest BCUT2D eigenvalue weighted by Crippen LogP contribution is 2.23. The SMILES string of the molecule is O=C(O)c1ccc(C(=O)N2CCC(Cc3ccc(F)c(F)c3)CC2)nc1. The fraction of sp³-hybridized carbons (Fsp3) is 0.316. The van der Waals surface area contributed by atoms with E-state index in [4.69, 9.17) is 5.11 Å². The van der Waals surface area contributed by atoms with Gasteiger partial charge < -0.3 is 10.0 Å². The molecule has 1 aromatic heterocycles. The number of halogens is 2. The van der Waals surface area contributed by atoms with E-state index >= 15 is 0 Å². The molecule has 1 aliphatic rings. The van der Waals surface area contributed by atoms with Crippen molar-refractivity contribution in [3.63, 3.8) is 0 Å². The van der Waals surface area contributed by atoms with Crippen molar-refractivity contribution in [2.45, 2.75) is 19.3 Å². The third-order valence-electron chi connectivity index (χ3n) is 4.64. The molecule has 0 radical (unpaired) electrons. The highest BCUT2D eigenvalue weighted by molar-refractivity contribution is 5.93. The number of likely N-dealkylation sites (tertiary alicyclic amines) is 1. The summed E-state index contributed by atoms with van der Waals surface area (Å²) in [6, 6.07) is 6.72. The second-order valence-electron chi connectivity index (χ2n) is 6.43. The van der Waals surface area contributed by atoms with Crippen LogP contribution in [0.15, 0.2) is 36.5 Å². The first-order chi connectivity index (χ1) is 12.4. The number of rotatable bonds is 4. The zero-order chi connectivity index (χ0) is 18.7. The zero-order valence-electron chi connectivity index (χ0n) is 14.0. The van der Waals surface area contributed by atoms with E-state index in [1.807, 2.05) is 0 Å². The molecule has 1 N–H and O–H groups in total. The van der Waals surface area contributed by atoms with Crippen LogP contribution >= 0.6 is 0 Å². The molecule has 1 aliphatic heterocycles. The lowest BCUT2D eigenvalue weighted by Gasteiger charge is -2.32. The van der Waals surface area contributed by atoms with Crippen LogP contribution in [0.5, 0.6) is 0 Å². The maximum absolute atomic E-state index is 13.3. The van der Waals surface area contributed by atoms with Gasteiger partial charge in [0, 0.05) is 19.3 Å². The van der Waals surface area contributed by atoms with Crippen LogP contribution < -0.4 is 0 Å². The number of hydrogen-bond donors (Lipinski definition) is 1. The molecule has 0 atom stereocenters. The maximum atomic E-state index is 13.3. The summed E-state index contributed by atoms with van der Waals surface area (Å²) in [5.41, 5.74) is 1.00. The fourth-order valence-corrected chi connectivity index (χ4v) is 3.15. The summed E-state index contributed by atoms with van der Waals surface area (Å²) in [6.45, 7) is 1.10. The summed E-state index contributed by atoms with van der Waals surface area (Å²) in [6.07, 6.45) is 3.34. The number of carboxylic acids is 1. The smallest absolute Gasteiger partial charge is 0.337 e. The minimum Gasteiger partial charge on any atom is -0.478 e. The van der Waals surface area contributed by atoms with Gasteiger partial charge in [0.05, 0.1) is 5.56 Å². The molecule has 0 bridgehead atoms. The Kier molecular flexibility index (Phi) is 5.25. The van der Waals surface area contributed by atoms with E-state index < -0.39 is 17.6 Å². The summed E-state index contributed by atoms with van der Waals surface area (Å²) < 4.78 is 26.3. The number of hydrogen-bond acceptors (Lipinski definition) is 3. The number of piperidine rings is 1. The summed E-state index contributed by atoms with van der Waals surface area (Å²) in [7, 11) is 0. The Hall–Kier alpha value is -2.83. The van der Waals surface area contributed by atoms with Crippen LogP contribution in [0, 0.1) is 17.6 Å². The molecule has 2 aromatic rings. The lowest BCUT2D eigenvalue weighted by atomic mass is 9.90. The van der Waals surface area contributed by atoms with Gasteiger partial charge in [0.25, 0.3) is 5.91 Å². The molecule has 136 valence electrons. The van der Waals surface area contributed by atoms with Gasteiger partial charge in [0.2, 0.25) is 0 Å². The Bertz CT molecular complexity index is 816. The predicted molar refractivity (Wildman–Crippen MR) is 89.9 cm³/mol. The highest BCUT2D eigenvalue weighted by atomic mass is 19.2. The molecular formula is C19H18F2N2O3. The number of carbonyl (C=O) groups is 2. The Morgan fingerprint density at radius 1 is 1.12 bits per heavy atom. The van der Waals surface area contributed by atoms with Crippen LogP contribution in [0.25, 0.3) is 0 Å². The van der Waals surface area contributed by atoms with E-state index in [1.54, 1.807) is 11.0 Å². The van der Waals surface area contributed by atoms with Crippen LogP contribution in [-0.4, -0.2) is 40.0 Å². The monoisotopic (exact) mass is 360 g/mol. The van der Waals surface area contributed by atoms with Gasteiger partial charge in [-0.05, 0) is 55.0 Å². The van der Waals surface area contributed by atoms with Gasteiger partial charge in [0.1, 0.15) is 5.69 Å². The third kappa shape index (κ3) is 4.04. The van der Waals surface area contributed by atoms with Gasteiger partial charge in [0.15, 0.2) is 11.6 Å². The van der Waals surface area contributed by atoms with Crippen molar-refractivity contribution < 1.29 is 23.5 Å². The topological polar surface area (TPSA) is 70.5 Å². The number of nitrogens with zero attached hydrogens (tertiary/aromatic N) is 2. The molecule has 0 saturated carbocycles. The molecule has 1 amide bonds. The van der Waals surface area contributed by atoms with Crippen LogP contribution in [0.2, 0.25) is 0 Å². The molecule has 1 aromatic carbocycles. The van der Waals surface area contributed by atoms with Crippen LogP contribution in [0.1, 0.15) is 39.3 Å². The van der Waals surface area contributed by atoms with E-state index in [1.165, 1.54) is 24.4 Å². The van der Waals surface area contributed by atoms with Crippen molar-refractivity contribution >= 4 is 11.9 Å². The molecule has 0 unspecified atom stereocenters. The van der Waals surface area contributed by atoms with Crippen LogP contribution in [0.3, 0.4) is 0 Å². The third-order valence-corrected chi connectivity index (χ3v) is 4.64. The number of carbonyl (C=O) groups excluding carboxylic acids is 1. The van der Waals surface area contributed by atoms with E-state index in [0.717, 1.165) is 24.5 Å². The minimum atomic E-state index is -1.09. The first kappa shape index (κ1) is 18.0. The standard InChI is InChI=1S/C19H18F2N2O3/c20-15-3-1-13(10-16(15)21)9-12-5-7-23(8-6-12)18(24)17-4-2-14(11-22-17)19(25)26/h1-4,10-12H,5-9H2,(H,25,26). The summed E-state index contributed by atoms with van der Waals surface area (Å²) >= 11 is 0. The molecular weight excluding hydrogens is 342 g/mol. The Balaban J connectivity index is 1.56. The van der Waals surface area contributed by atoms with Crippen molar-refractivity contribution in [3.8, 4) is 0 Å². The van der Waals surface area contributed by atoms with Crippen molar-refractivity contribution in [3.05, 3.63) is 65.0 Å². The van der Waals surface area contributed by atoms with Gasteiger partial charge in [-0.1, -0.05) is 6.07 Å². The summed E-state index contributed by atoms with van der Waals surface area (Å²) in [5.74, 6) is -2.71. The Morgan fingerprint density at radius 3 is 2.42 bits per heavy atom. The number of amides is 1. The van der Waals surface area contributed by atoms with E-state index in [9.17, 15) is 18.4 Å². The molecule has 0 spiro atoms. The second kappa shape index (κ2) is 7.59. The number of pyridine rings is 1. The average Bonchev–Trinajstić information content (AvgIpc) is 2.65. The Morgan fingerprint density at radius 2 is 1.85 bits per heavy atom. The van der Waals surface area contributed by atoms with Gasteiger partial charge >= 0.3 is 5.97 Å². The lowest BCUT2D eigenvalue weighted by molar-refractivity contribution is 0.0674. The van der Waals surface area contributed by atoms with Gasteiger partial charge in [-0.25, -0.2) is 13.6 Å². The largest absolute Gasteiger partial charge is 0.478 e. The molecule has 2 heterocycles. The van der Waals surface area contributed by atoms with Gasteiger partial charge in [-0.2, -0.15) is 0 Å². The van der Waals surface area contributed by atoms with Gasteiger partial charge in [-0.3, -0.25) is 9.78 Å². The second-order valence-corrected chi connectivity index (χ2v) is 6.43. The molecule has 7 heteroatoms. The van der Waals surface area contributed by atoms with Crippen molar-refractivity contribution in [1.29, 1.82) is 0 Å². The number of carboxylic acid groups (broad SMARTS) is 1. The maximum Gasteiger partial charge on any atom is 0.337 e. The first-order valence-electron chi connectivity index (χ1n) is 8.36. The normalized spacial score (nSPS) is 15.1. The molecule has 1 fully saturated rings. The molecule has 5 nitrogen and oxygen atoms in total. The van der Waals surface area contributed by atoms with Crippen LogP contribution in [-0.2, 0) is 6.42 Å². The minimum absolute atomic E-state index is 0.0341. The average molecular weight is 360 g/mol. The first-order valence-corrected chi connectivity index (χ1v) is 8.36. The van der Waals surface area contributed by atoms with Gasteiger partial charge in [-0.15, -0.1) is 0 Å². The predicted octanol–water partition coefficient (Wildman–Crippen LogP) is 3.15. The summed E-state index contributed by atoms with van der Waals surface area (Å²) in [4.78, 5) is 28.9. The number of benzene rings is 1. The van der Waals surface area contributed by atoms with E-state index in [0.29, 0.717) is 25.4 Å². The summed E-state index contributed by atoms with van der Waals surface area (Å²) in [5, 5.41) is 8.87. The Labute approximate surface area is 149 Å². The molecule has 3 rings (SSSR count). The molecule has 26 heavy (non-hydrogen) atoms. The molecule has 1 saturated heterocycles. The lowest BCUT2D eigenvalue weighted by Crippen LogP contribution is -2.39. The van der Waals surface area contributed by atoms with Crippen molar-refractivity contribution in [2.24, 2.45) is 5.92 Å². The quantitative estimate of drug-likeness (QED) is 0.909. The van der Waals surface area contributed by atoms with Crippen molar-refractivity contribution in [1.82, 2.24) is 9.88 Å².